The lowest BCUT2D eigenvalue weighted by Gasteiger charge is -2.19. The van der Waals surface area contributed by atoms with Crippen LogP contribution in [0.25, 0.3) is 0 Å². The molecule has 0 fully saturated rings. The molecule has 0 atom stereocenters. The number of carbonyl (C=O) groups is 1. The zero-order valence-electron chi connectivity index (χ0n) is 12.8. The number of halogens is 6. The molecule has 9 heteroatoms. The van der Waals surface area contributed by atoms with Gasteiger partial charge in [0.25, 0.3) is 0 Å². The van der Waals surface area contributed by atoms with Crippen LogP contribution < -0.4 is 0 Å². The fraction of sp³-hybridized carbons (Fsp3) is 0.929. The maximum Gasteiger partial charge on any atom is 0.508 e. The SMILES string of the molecule is O=C(OCCCCCBr)OCCCCCCC(F)(F)C(F)(F)F. The van der Waals surface area contributed by atoms with Gasteiger partial charge in [-0.2, -0.15) is 22.0 Å². The van der Waals surface area contributed by atoms with Crippen molar-refractivity contribution in [3.63, 3.8) is 0 Å². The Kier molecular flexibility index (Phi) is 11.6. The molecule has 0 spiro atoms. The van der Waals surface area contributed by atoms with Crippen molar-refractivity contribution in [3.05, 3.63) is 0 Å². The molecular formula is C14H22BrF5O3. The second-order valence-corrected chi connectivity index (χ2v) is 5.86. The number of alkyl halides is 6. The molecule has 3 nitrogen and oxygen atoms in total. The summed E-state index contributed by atoms with van der Waals surface area (Å²) in [6.45, 7) is 0.342. The lowest BCUT2D eigenvalue weighted by molar-refractivity contribution is -0.284. The van der Waals surface area contributed by atoms with Gasteiger partial charge in [0.05, 0.1) is 13.2 Å². The summed E-state index contributed by atoms with van der Waals surface area (Å²) in [7, 11) is 0. The maximum atomic E-state index is 12.6. The first-order chi connectivity index (χ1) is 10.7. The van der Waals surface area contributed by atoms with Crippen LogP contribution in [0.3, 0.4) is 0 Å². The highest BCUT2D eigenvalue weighted by molar-refractivity contribution is 9.09. The van der Waals surface area contributed by atoms with Gasteiger partial charge in [-0.1, -0.05) is 28.8 Å². The number of rotatable bonds is 12. The highest BCUT2D eigenvalue weighted by atomic mass is 79.9. The van der Waals surface area contributed by atoms with Crippen LogP contribution in [0.4, 0.5) is 26.7 Å². The number of hydrogen-bond acceptors (Lipinski definition) is 3. The number of unbranched alkanes of at least 4 members (excludes halogenated alkanes) is 5. The summed E-state index contributed by atoms with van der Waals surface area (Å²) in [5.41, 5.74) is 0. The maximum absolute atomic E-state index is 12.6. The third-order valence-electron chi connectivity index (χ3n) is 3.02. The molecule has 0 unspecified atom stereocenters. The van der Waals surface area contributed by atoms with Gasteiger partial charge in [0, 0.05) is 11.8 Å². The summed E-state index contributed by atoms with van der Waals surface area (Å²) in [5.74, 6) is -4.64. The first kappa shape index (κ1) is 22.4. The summed E-state index contributed by atoms with van der Waals surface area (Å²) >= 11 is 3.28. The van der Waals surface area contributed by atoms with Crippen LogP contribution >= 0.6 is 15.9 Å². The summed E-state index contributed by atoms with van der Waals surface area (Å²) in [6.07, 6.45) is -4.03. The van der Waals surface area contributed by atoms with E-state index in [9.17, 15) is 26.7 Å². The molecule has 0 aliphatic heterocycles. The number of ether oxygens (including phenoxy) is 2. The average Bonchev–Trinajstić information content (AvgIpc) is 2.44. The molecule has 0 aliphatic rings. The van der Waals surface area contributed by atoms with Gasteiger partial charge >= 0.3 is 18.3 Å². The minimum atomic E-state index is -5.49. The Bertz CT molecular complexity index is 324. The Balaban J connectivity index is 3.47. The van der Waals surface area contributed by atoms with Crippen LogP contribution in [0.1, 0.15) is 51.4 Å². The summed E-state index contributed by atoms with van der Waals surface area (Å²) in [5, 5.41) is 0.895. The van der Waals surface area contributed by atoms with Crippen molar-refractivity contribution in [2.45, 2.75) is 63.5 Å². The van der Waals surface area contributed by atoms with Gasteiger partial charge in [-0.25, -0.2) is 4.79 Å². The Morgan fingerprint density at radius 3 is 1.74 bits per heavy atom. The Morgan fingerprint density at radius 1 is 0.783 bits per heavy atom. The van der Waals surface area contributed by atoms with Gasteiger partial charge in [0.15, 0.2) is 0 Å². The molecule has 0 amide bonds. The van der Waals surface area contributed by atoms with E-state index in [4.69, 9.17) is 9.47 Å². The van der Waals surface area contributed by atoms with Crippen molar-refractivity contribution in [2.75, 3.05) is 18.5 Å². The summed E-state index contributed by atoms with van der Waals surface area (Å²) < 4.78 is 70.4. The summed E-state index contributed by atoms with van der Waals surface area (Å²) in [6, 6.07) is 0. The zero-order chi connectivity index (χ0) is 17.8. The van der Waals surface area contributed by atoms with Crippen molar-refractivity contribution >= 4 is 22.1 Å². The van der Waals surface area contributed by atoms with E-state index in [0.717, 1.165) is 24.6 Å². The van der Waals surface area contributed by atoms with Crippen molar-refractivity contribution in [1.29, 1.82) is 0 Å². The molecule has 0 rings (SSSR count). The summed E-state index contributed by atoms with van der Waals surface area (Å²) in [4.78, 5) is 11.1. The molecule has 0 bridgehead atoms. The minimum Gasteiger partial charge on any atom is -0.434 e. The Morgan fingerprint density at radius 2 is 1.26 bits per heavy atom. The lowest BCUT2D eigenvalue weighted by atomic mass is 10.1. The quantitative estimate of drug-likeness (QED) is 0.174. The zero-order valence-corrected chi connectivity index (χ0v) is 14.4. The molecule has 0 saturated carbocycles. The molecule has 0 aromatic heterocycles. The van der Waals surface area contributed by atoms with E-state index in [0.29, 0.717) is 12.8 Å². The van der Waals surface area contributed by atoms with Crippen LogP contribution in [0.15, 0.2) is 0 Å². The van der Waals surface area contributed by atoms with E-state index in [2.05, 4.69) is 15.9 Å². The van der Waals surface area contributed by atoms with E-state index in [1.165, 1.54) is 0 Å². The molecule has 0 aromatic rings. The third-order valence-corrected chi connectivity index (χ3v) is 3.58. The van der Waals surface area contributed by atoms with Crippen molar-refractivity contribution in [3.8, 4) is 0 Å². The molecule has 0 N–H and O–H groups in total. The topological polar surface area (TPSA) is 35.5 Å². The molecule has 0 aliphatic carbocycles. The van der Waals surface area contributed by atoms with E-state index < -0.39 is 24.7 Å². The van der Waals surface area contributed by atoms with Gasteiger partial charge in [0.1, 0.15) is 0 Å². The highest BCUT2D eigenvalue weighted by Gasteiger charge is 2.56. The average molecular weight is 413 g/mol. The van der Waals surface area contributed by atoms with Crippen LogP contribution in [-0.2, 0) is 9.47 Å². The van der Waals surface area contributed by atoms with E-state index in [-0.39, 0.29) is 26.1 Å². The predicted molar refractivity (Wildman–Crippen MR) is 79.0 cm³/mol. The smallest absolute Gasteiger partial charge is 0.434 e. The second kappa shape index (κ2) is 11.9. The standard InChI is InChI=1S/C14H22BrF5O3/c15-9-5-3-7-11-23-12(21)22-10-6-2-1-4-8-13(16,17)14(18,19)20/h1-11H2. The minimum absolute atomic E-state index is 0.0654. The molecule has 0 saturated heterocycles. The van der Waals surface area contributed by atoms with Crippen molar-refractivity contribution in [2.24, 2.45) is 0 Å². The van der Waals surface area contributed by atoms with Crippen LogP contribution in [0.5, 0.6) is 0 Å². The predicted octanol–water partition coefficient (Wildman–Crippen LogP) is 5.85. The van der Waals surface area contributed by atoms with Crippen molar-refractivity contribution < 1.29 is 36.2 Å². The lowest BCUT2D eigenvalue weighted by Crippen LogP contribution is -2.36. The van der Waals surface area contributed by atoms with E-state index in [1.54, 1.807) is 0 Å². The molecule has 0 heterocycles. The van der Waals surface area contributed by atoms with Gasteiger partial charge in [-0.05, 0) is 32.1 Å². The van der Waals surface area contributed by atoms with Gasteiger partial charge in [-0.15, -0.1) is 0 Å². The first-order valence-corrected chi connectivity index (χ1v) is 8.63. The molecular weight excluding hydrogens is 391 g/mol. The fourth-order valence-corrected chi connectivity index (χ4v) is 2.07. The number of carbonyl (C=O) groups excluding carboxylic acids is 1. The fourth-order valence-electron chi connectivity index (χ4n) is 1.67. The van der Waals surface area contributed by atoms with Crippen LogP contribution in [-0.4, -0.2) is 36.8 Å². The van der Waals surface area contributed by atoms with Crippen LogP contribution in [0, 0.1) is 0 Å². The Labute approximate surface area is 141 Å². The number of hydrogen-bond donors (Lipinski definition) is 0. The third kappa shape index (κ3) is 11.6. The van der Waals surface area contributed by atoms with Gasteiger partial charge < -0.3 is 9.47 Å². The second-order valence-electron chi connectivity index (χ2n) is 5.06. The normalized spacial score (nSPS) is 12.3. The largest absolute Gasteiger partial charge is 0.508 e. The van der Waals surface area contributed by atoms with E-state index >= 15 is 0 Å². The van der Waals surface area contributed by atoms with Gasteiger partial charge in [-0.3, -0.25) is 0 Å². The molecule has 138 valence electrons. The first-order valence-electron chi connectivity index (χ1n) is 7.51. The molecule has 0 radical (unpaired) electrons. The van der Waals surface area contributed by atoms with E-state index in [1.807, 2.05) is 0 Å². The van der Waals surface area contributed by atoms with Gasteiger partial charge in [0.2, 0.25) is 0 Å². The monoisotopic (exact) mass is 412 g/mol. The Hall–Kier alpha value is -0.600. The molecule has 0 aromatic carbocycles. The van der Waals surface area contributed by atoms with Crippen molar-refractivity contribution in [1.82, 2.24) is 0 Å². The molecule has 23 heavy (non-hydrogen) atoms. The van der Waals surface area contributed by atoms with Crippen LogP contribution in [0.2, 0.25) is 0 Å². The highest BCUT2D eigenvalue weighted by Crippen LogP contribution is 2.39.